The Hall–Kier alpha value is -0.730. The molecule has 2 rings (SSSR count). The Kier molecular flexibility index (Phi) is 3.41. The zero-order valence-electron chi connectivity index (χ0n) is 9.26. The molecule has 0 radical (unpaired) electrons. The molecule has 1 saturated heterocycles. The maximum absolute atomic E-state index is 11.7. The quantitative estimate of drug-likeness (QED) is 0.274. The van der Waals surface area contributed by atoms with Crippen LogP contribution in [0.3, 0.4) is 0 Å². The fourth-order valence-electron chi connectivity index (χ4n) is 2.56. The molecule has 2 fully saturated rings. The number of fused-ring (bicyclic) bond motifs is 1. The van der Waals surface area contributed by atoms with E-state index >= 15 is 0 Å². The van der Waals surface area contributed by atoms with Crippen LogP contribution in [-0.4, -0.2) is 34.5 Å². The van der Waals surface area contributed by atoms with Gasteiger partial charge >= 0.3 is 0 Å². The third-order valence-corrected chi connectivity index (χ3v) is 3.53. The van der Waals surface area contributed by atoms with E-state index in [1.165, 1.54) is 0 Å². The highest BCUT2D eigenvalue weighted by Gasteiger charge is 2.36. The van der Waals surface area contributed by atoms with E-state index in [1.807, 2.05) is 0 Å². The van der Waals surface area contributed by atoms with Crippen molar-refractivity contribution < 1.29 is 5.21 Å². The van der Waals surface area contributed by atoms with Crippen LogP contribution in [0.1, 0.15) is 26.2 Å². The standard InChI is InChI=1S/C9H18N5O2/c1-5(13-15)6-2-3-7-8(4-6)14(16)12-9(10)11-7/h6-9,11-12,15H,2-4,10H2,1H3/q-1/b13-5-. The summed E-state index contributed by atoms with van der Waals surface area (Å²) in [6.07, 6.45) is 2.01. The second kappa shape index (κ2) is 4.64. The molecule has 1 aliphatic carbocycles. The van der Waals surface area contributed by atoms with Gasteiger partial charge < -0.3 is 21.3 Å². The van der Waals surface area contributed by atoms with Crippen molar-refractivity contribution >= 4 is 5.71 Å². The maximum atomic E-state index is 11.7. The van der Waals surface area contributed by atoms with Crippen molar-refractivity contribution in [1.82, 2.24) is 15.9 Å². The largest absolute Gasteiger partial charge is 0.771 e. The van der Waals surface area contributed by atoms with Crippen LogP contribution in [0.4, 0.5) is 0 Å². The molecule has 0 aromatic carbocycles. The van der Waals surface area contributed by atoms with Gasteiger partial charge in [-0.2, -0.15) is 0 Å². The Morgan fingerprint density at radius 2 is 2.31 bits per heavy atom. The first-order valence-electron chi connectivity index (χ1n) is 5.54. The summed E-state index contributed by atoms with van der Waals surface area (Å²) in [5.41, 5.74) is 8.92. The molecule has 0 spiro atoms. The highest BCUT2D eigenvalue weighted by molar-refractivity contribution is 5.83. The monoisotopic (exact) mass is 228 g/mol. The summed E-state index contributed by atoms with van der Waals surface area (Å²) in [5, 5.41) is 27.6. The molecule has 0 aromatic heterocycles. The first-order chi connectivity index (χ1) is 7.61. The highest BCUT2D eigenvalue weighted by Crippen LogP contribution is 2.29. The molecule has 16 heavy (non-hydrogen) atoms. The van der Waals surface area contributed by atoms with E-state index in [9.17, 15) is 5.21 Å². The molecule has 4 unspecified atom stereocenters. The molecule has 7 heteroatoms. The number of hydrogen-bond donors (Lipinski definition) is 4. The molecule has 1 aliphatic heterocycles. The number of oxime groups is 1. The lowest BCUT2D eigenvalue weighted by Crippen LogP contribution is -2.71. The van der Waals surface area contributed by atoms with E-state index in [1.54, 1.807) is 6.92 Å². The molecule has 0 aromatic rings. The molecule has 92 valence electrons. The van der Waals surface area contributed by atoms with Gasteiger partial charge in [0.1, 0.15) is 6.29 Å². The SMILES string of the molecule is C/C(=N/O)C1CCC2NC(N)NN([O-])C2C1. The van der Waals surface area contributed by atoms with Crippen LogP contribution in [0.25, 0.3) is 0 Å². The lowest BCUT2D eigenvalue weighted by Gasteiger charge is -2.52. The van der Waals surface area contributed by atoms with E-state index in [2.05, 4.69) is 15.9 Å². The molecular weight excluding hydrogens is 210 g/mol. The Morgan fingerprint density at radius 1 is 1.56 bits per heavy atom. The fraction of sp³-hybridized carbons (Fsp3) is 0.889. The van der Waals surface area contributed by atoms with E-state index in [0.29, 0.717) is 12.1 Å². The van der Waals surface area contributed by atoms with Gasteiger partial charge in [-0.1, -0.05) is 5.16 Å². The Morgan fingerprint density at radius 3 is 3.00 bits per heavy atom. The molecule has 2 aliphatic rings. The Labute approximate surface area is 94.2 Å². The van der Waals surface area contributed by atoms with Crippen molar-refractivity contribution in [3.8, 4) is 0 Å². The van der Waals surface area contributed by atoms with Crippen LogP contribution < -0.4 is 16.5 Å². The maximum Gasteiger partial charge on any atom is 0.121 e. The van der Waals surface area contributed by atoms with E-state index < -0.39 is 6.29 Å². The van der Waals surface area contributed by atoms with Gasteiger partial charge in [0.05, 0.1) is 5.71 Å². The number of hydroxylamine groups is 1. The van der Waals surface area contributed by atoms with Gasteiger partial charge in [-0.05, 0) is 26.2 Å². The van der Waals surface area contributed by atoms with Gasteiger partial charge in [0.15, 0.2) is 0 Å². The molecule has 1 saturated carbocycles. The zero-order valence-corrected chi connectivity index (χ0v) is 9.26. The Bertz CT molecular complexity index is 285. The second-order valence-electron chi connectivity index (χ2n) is 4.52. The van der Waals surface area contributed by atoms with Crippen molar-refractivity contribution in [3.63, 3.8) is 0 Å². The van der Waals surface area contributed by atoms with Crippen molar-refractivity contribution in [3.05, 3.63) is 5.21 Å². The number of hydrazine groups is 1. The zero-order chi connectivity index (χ0) is 11.7. The predicted molar refractivity (Wildman–Crippen MR) is 59.3 cm³/mol. The molecule has 4 atom stereocenters. The minimum absolute atomic E-state index is 0.122. The first-order valence-corrected chi connectivity index (χ1v) is 5.54. The van der Waals surface area contributed by atoms with Gasteiger partial charge in [0, 0.05) is 18.0 Å². The summed E-state index contributed by atoms with van der Waals surface area (Å²) in [4.78, 5) is 0. The van der Waals surface area contributed by atoms with Crippen LogP contribution in [0.5, 0.6) is 0 Å². The van der Waals surface area contributed by atoms with E-state index in [-0.39, 0.29) is 18.0 Å². The topological polar surface area (TPSA) is 109 Å². The summed E-state index contributed by atoms with van der Waals surface area (Å²) in [5.74, 6) is 0.181. The van der Waals surface area contributed by atoms with Crippen LogP contribution in [-0.2, 0) is 0 Å². The third-order valence-electron chi connectivity index (χ3n) is 3.53. The van der Waals surface area contributed by atoms with Gasteiger partial charge in [-0.3, -0.25) is 5.32 Å². The predicted octanol–water partition coefficient (Wildman–Crippen LogP) is -0.476. The Balaban J connectivity index is 2.03. The van der Waals surface area contributed by atoms with E-state index in [0.717, 1.165) is 18.0 Å². The lowest BCUT2D eigenvalue weighted by atomic mass is 9.80. The number of nitrogens with two attached hydrogens (primary N) is 1. The number of hydrogen-bond acceptors (Lipinski definition) is 7. The summed E-state index contributed by atoms with van der Waals surface area (Å²) in [6.45, 7) is 1.79. The number of nitrogens with one attached hydrogen (secondary N) is 2. The van der Waals surface area contributed by atoms with Crippen LogP contribution >= 0.6 is 0 Å². The molecule has 1 heterocycles. The molecule has 0 amide bonds. The molecule has 0 bridgehead atoms. The van der Waals surface area contributed by atoms with Gasteiger partial charge in [0.2, 0.25) is 0 Å². The first kappa shape index (κ1) is 11.7. The van der Waals surface area contributed by atoms with Crippen molar-refractivity contribution in [2.24, 2.45) is 16.8 Å². The van der Waals surface area contributed by atoms with Crippen molar-refractivity contribution in [1.29, 1.82) is 0 Å². The minimum atomic E-state index is -0.470. The normalized spacial score (nSPS) is 41.8. The average Bonchev–Trinajstić information content (AvgIpc) is 2.27. The summed E-state index contributed by atoms with van der Waals surface area (Å²) in [7, 11) is 0. The van der Waals surface area contributed by atoms with Gasteiger partial charge in [-0.15, -0.1) is 0 Å². The van der Waals surface area contributed by atoms with Crippen LogP contribution in [0.15, 0.2) is 5.16 Å². The summed E-state index contributed by atoms with van der Waals surface area (Å²) in [6, 6.07) is -0.0215. The summed E-state index contributed by atoms with van der Waals surface area (Å²) < 4.78 is 0. The highest BCUT2D eigenvalue weighted by atomic mass is 16.5. The second-order valence-corrected chi connectivity index (χ2v) is 4.52. The number of rotatable bonds is 1. The van der Waals surface area contributed by atoms with Crippen molar-refractivity contribution in [2.45, 2.75) is 44.6 Å². The fourth-order valence-corrected chi connectivity index (χ4v) is 2.56. The molecule has 5 N–H and O–H groups in total. The molecule has 7 nitrogen and oxygen atoms in total. The van der Waals surface area contributed by atoms with Crippen LogP contribution in [0, 0.1) is 11.1 Å². The third kappa shape index (κ3) is 2.18. The summed E-state index contributed by atoms with van der Waals surface area (Å²) >= 11 is 0. The minimum Gasteiger partial charge on any atom is -0.771 e. The van der Waals surface area contributed by atoms with Crippen LogP contribution in [0.2, 0.25) is 0 Å². The molecular formula is C9H18N5O2-. The average molecular weight is 228 g/mol. The van der Waals surface area contributed by atoms with Gasteiger partial charge in [-0.25, -0.2) is 5.43 Å². The number of nitrogens with zero attached hydrogens (tertiary/aromatic N) is 2. The van der Waals surface area contributed by atoms with Gasteiger partial charge in [0.25, 0.3) is 0 Å². The van der Waals surface area contributed by atoms with E-state index in [4.69, 9.17) is 10.9 Å². The van der Waals surface area contributed by atoms with Crippen molar-refractivity contribution in [2.75, 3.05) is 0 Å². The smallest absolute Gasteiger partial charge is 0.121 e. The lowest BCUT2D eigenvalue weighted by molar-refractivity contribution is 0.0320.